The van der Waals surface area contributed by atoms with Gasteiger partial charge in [0, 0.05) is 0 Å². The van der Waals surface area contributed by atoms with Crippen molar-refractivity contribution in [2.24, 2.45) is 0 Å². The first-order valence-electron chi connectivity index (χ1n) is 3.30. The van der Waals surface area contributed by atoms with Crippen LogP contribution in [0.4, 0.5) is 0 Å². The van der Waals surface area contributed by atoms with E-state index in [2.05, 4.69) is 24.3 Å². The van der Waals surface area contributed by atoms with Crippen LogP contribution in [0, 0.1) is 0 Å². The third-order valence-corrected chi connectivity index (χ3v) is 1.33. The Hall–Kier alpha value is 0.683. The van der Waals surface area contributed by atoms with E-state index in [0.29, 0.717) is 0 Å². The minimum absolute atomic E-state index is 0. The third kappa shape index (κ3) is 10.7. The molecule has 0 amide bonds. The van der Waals surface area contributed by atoms with Crippen LogP contribution in [0.5, 0.6) is 0 Å². The van der Waals surface area contributed by atoms with Crippen LogP contribution >= 0.6 is 0 Å². The maximum Gasteiger partial charge on any atom is 2.00 e. The van der Waals surface area contributed by atoms with Crippen LogP contribution in [-0.2, 0) is 19.5 Å². The van der Waals surface area contributed by atoms with Crippen molar-refractivity contribution in [3.05, 3.63) is 24.3 Å². The molecule has 0 heterocycles. The number of allylic oxidation sites excluding steroid dienone is 4. The molecule has 0 saturated carbocycles. The molecule has 1 rings (SSSR count). The van der Waals surface area contributed by atoms with Crippen LogP contribution in [0.1, 0.15) is 25.7 Å². The van der Waals surface area contributed by atoms with Gasteiger partial charge in [0.05, 0.1) is 0 Å². The fourth-order valence-electron chi connectivity index (χ4n) is 0.856. The van der Waals surface area contributed by atoms with Gasteiger partial charge in [-0.1, -0.05) is 24.3 Å². The van der Waals surface area contributed by atoms with E-state index < -0.39 is 0 Å². The summed E-state index contributed by atoms with van der Waals surface area (Å²) in [4.78, 5) is 0. The van der Waals surface area contributed by atoms with Crippen LogP contribution in [0.15, 0.2) is 24.3 Å². The molecule has 3 heteroatoms. The summed E-state index contributed by atoms with van der Waals surface area (Å²) in [5.74, 6) is 0. The molecule has 0 aliphatic heterocycles. The van der Waals surface area contributed by atoms with E-state index in [1.54, 1.807) is 0 Å². The molecular formula is C8H12Cl2Ru. The molecule has 1 aliphatic rings. The van der Waals surface area contributed by atoms with Crippen molar-refractivity contribution in [1.29, 1.82) is 0 Å². The molecule has 0 bridgehead atoms. The van der Waals surface area contributed by atoms with E-state index in [-0.39, 0.29) is 44.3 Å². The molecule has 0 fully saturated rings. The quantitative estimate of drug-likeness (QED) is 0.322. The summed E-state index contributed by atoms with van der Waals surface area (Å²) < 4.78 is 0. The standard InChI is InChI=1S/C8H12.2ClH.Ru/c1-2-4-6-8-7-5-3-1;;;/h1-2,7-8H,3-6H2;2*1H;/q;;;+2/p-2. The first-order valence-corrected chi connectivity index (χ1v) is 3.30. The van der Waals surface area contributed by atoms with Crippen molar-refractivity contribution in [1.82, 2.24) is 0 Å². The topological polar surface area (TPSA) is 0 Å². The average molecular weight is 280 g/mol. The zero-order valence-corrected chi connectivity index (χ0v) is 9.50. The van der Waals surface area contributed by atoms with Crippen LogP contribution in [0.2, 0.25) is 0 Å². The second-order valence-corrected chi connectivity index (χ2v) is 2.10. The van der Waals surface area contributed by atoms with Crippen LogP contribution in [-0.4, -0.2) is 0 Å². The number of hydrogen-bond donors (Lipinski definition) is 0. The molecule has 0 unspecified atom stereocenters. The minimum Gasteiger partial charge on any atom is -1.00 e. The minimum atomic E-state index is 0. The van der Waals surface area contributed by atoms with Gasteiger partial charge in [-0.25, -0.2) is 0 Å². The Morgan fingerprint density at radius 3 is 0.909 bits per heavy atom. The van der Waals surface area contributed by atoms with Gasteiger partial charge in [-0.05, 0) is 25.7 Å². The van der Waals surface area contributed by atoms with E-state index >= 15 is 0 Å². The van der Waals surface area contributed by atoms with E-state index in [1.807, 2.05) is 0 Å². The maximum absolute atomic E-state index is 2.27. The van der Waals surface area contributed by atoms with Gasteiger partial charge < -0.3 is 24.8 Å². The Labute approximate surface area is 94.1 Å². The number of halogens is 2. The molecule has 0 atom stereocenters. The van der Waals surface area contributed by atoms with E-state index in [4.69, 9.17) is 0 Å². The van der Waals surface area contributed by atoms with Crippen molar-refractivity contribution in [2.45, 2.75) is 25.7 Å². The van der Waals surface area contributed by atoms with Crippen LogP contribution in [0.25, 0.3) is 0 Å². The molecule has 0 spiro atoms. The smallest absolute Gasteiger partial charge is 1.00 e. The number of rotatable bonds is 0. The zero-order chi connectivity index (χ0) is 5.66. The third-order valence-electron chi connectivity index (χ3n) is 1.33. The Morgan fingerprint density at radius 1 is 0.545 bits per heavy atom. The predicted molar refractivity (Wildman–Crippen MR) is 36.7 cm³/mol. The molecule has 66 valence electrons. The largest absolute Gasteiger partial charge is 2.00 e. The fraction of sp³-hybridized carbons (Fsp3) is 0.500. The SMILES string of the molecule is C1=CCCC=CCC1.[Cl-].[Cl-].[Ru+2]. The molecule has 1 aliphatic carbocycles. The summed E-state index contributed by atoms with van der Waals surface area (Å²) in [6, 6.07) is 0. The maximum atomic E-state index is 2.27. The van der Waals surface area contributed by atoms with Crippen molar-refractivity contribution < 1.29 is 44.3 Å². The van der Waals surface area contributed by atoms with Gasteiger partial charge in [-0.15, -0.1) is 0 Å². The van der Waals surface area contributed by atoms with Gasteiger partial charge in [-0.3, -0.25) is 0 Å². The van der Waals surface area contributed by atoms with E-state index in [0.717, 1.165) is 0 Å². The molecule has 0 saturated heterocycles. The fourth-order valence-corrected chi connectivity index (χ4v) is 0.856. The van der Waals surface area contributed by atoms with Gasteiger partial charge in [-0.2, -0.15) is 0 Å². The van der Waals surface area contributed by atoms with Gasteiger partial charge in [0.25, 0.3) is 0 Å². The van der Waals surface area contributed by atoms with Gasteiger partial charge in [0.15, 0.2) is 0 Å². The molecule has 0 aromatic carbocycles. The Morgan fingerprint density at radius 2 is 0.727 bits per heavy atom. The summed E-state index contributed by atoms with van der Waals surface area (Å²) in [5, 5.41) is 0. The van der Waals surface area contributed by atoms with Crippen molar-refractivity contribution >= 4 is 0 Å². The summed E-state index contributed by atoms with van der Waals surface area (Å²) in [6.07, 6.45) is 14.0. The summed E-state index contributed by atoms with van der Waals surface area (Å²) >= 11 is 0. The van der Waals surface area contributed by atoms with Crippen molar-refractivity contribution in [3.8, 4) is 0 Å². The monoisotopic (exact) mass is 280 g/mol. The normalized spacial score (nSPS) is 14.5. The molecule has 0 N–H and O–H groups in total. The Kier molecular flexibility index (Phi) is 21.4. The molecule has 0 aromatic rings. The Bertz CT molecular complexity index is 84.7. The predicted octanol–water partition coefficient (Wildman–Crippen LogP) is -3.32. The summed E-state index contributed by atoms with van der Waals surface area (Å²) in [6.45, 7) is 0. The molecule has 0 nitrogen and oxygen atoms in total. The molecule has 11 heavy (non-hydrogen) atoms. The van der Waals surface area contributed by atoms with E-state index in [1.165, 1.54) is 25.7 Å². The van der Waals surface area contributed by atoms with Crippen molar-refractivity contribution in [3.63, 3.8) is 0 Å². The first kappa shape index (κ1) is 17.7. The molecular weight excluding hydrogens is 268 g/mol. The van der Waals surface area contributed by atoms with Crippen LogP contribution < -0.4 is 24.8 Å². The first-order chi connectivity index (χ1) is 4.00. The van der Waals surface area contributed by atoms with E-state index in [9.17, 15) is 0 Å². The number of hydrogen-bond acceptors (Lipinski definition) is 0. The molecule has 0 radical (unpaired) electrons. The molecule has 0 aromatic heterocycles. The van der Waals surface area contributed by atoms with Gasteiger partial charge in [0.1, 0.15) is 0 Å². The second kappa shape index (κ2) is 13.3. The zero-order valence-electron chi connectivity index (χ0n) is 6.25. The van der Waals surface area contributed by atoms with Crippen molar-refractivity contribution in [2.75, 3.05) is 0 Å². The second-order valence-electron chi connectivity index (χ2n) is 2.10. The van der Waals surface area contributed by atoms with Gasteiger partial charge >= 0.3 is 19.5 Å². The van der Waals surface area contributed by atoms with Crippen LogP contribution in [0.3, 0.4) is 0 Å². The Balaban J connectivity index is -0.000000213. The summed E-state index contributed by atoms with van der Waals surface area (Å²) in [7, 11) is 0. The summed E-state index contributed by atoms with van der Waals surface area (Å²) in [5.41, 5.74) is 0. The average Bonchev–Trinajstić information content (AvgIpc) is 1.62. The van der Waals surface area contributed by atoms with Gasteiger partial charge in [0.2, 0.25) is 0 Å².